The fourth-order valence-corrected chi connectivity index (χ4v) is 3.96. The molecule has 2 fully saturated rings. The van der Waals surface area contributed by atoms with Gasteiger partial charge < -0.3 is 16.0 Å². The highest BCUT2D eigenvalue weighted by molar-refractivity contribution is 6.05. The van der Waals surface area contributed by atoms with Crippen LogP contribution in [-0.2, 0) is 4.79 Å². The van der Waals surface area contributed by atoms with E-state index in [1.165, 1.54) is 0 Å². The summed E-state index contributed by atoms with van der Waals surface area (Å²) in [5, 5.41) is 9.31. The standard InChI is InChI=1S/C21H24N4O2.2ClH/c1-14-2-3-16(12-18(14)25-19(26)15-4-8-22-9-5-15)24-20(27)17-13-21(17)6-10-23-11-7-21;;/h2-5,8-9,12,17,23H,6-7,10-11,13H2,1H3,(H,24,27)(H,25,26);2*1H. The molecule has 8 heteroatoms. The van der Waals surface area contributed by atoms with Gasteiger partial charge in [-0.15, -0.1) is 24.8 Å². The van der Waals surface area contributed by atoms with E-state index in [2.05, 4.69) is 20.9 Å². The summed E-state index contributed by atoms with van der Waals surface area (Å²) in [6, 6.07) is 8.95. The number of pyridine rings is 1. The lowest BCUT2D eigenvalue weighted by Crippen LogP contribution is -2.31. The number of amides is 2. The summed E-state index contributed by atoms with van der Waals surface area (Å²) < 4.78 is 0. The number of benzene rings is 1. The summed E-state index contributed by atoms with van der Waals surface area (Å²) in [5.74, 6) is 0.00255. The third kappa shape index (κ3) is 5.07. The van der Waals surface area contributed by atoms with E-state index >= 15 is 0 Å². The lowest BCUT2D eigenvalue weighted by molar-refractivity contribution is -0.118. The van der Waals surface area contributed by atoms with E-state index in [1.54, 1.807) is 24.5 Å². The molecule has 1 aromatic carbocycles. The van der Waals surface area contributed by atoms with Crippen LogP contribution in [-0.4, -0.2) is 29.9 Å². The average Bonchev–Trinajstić information content (AvgIpc) is 3.38. The highest BCUT2D eigenvalue weighted by atomic mass is 35.5. The molecule has 6 nitrogen and oxygen atoms in total. The number of nitrogens with zero attached hydrogens (tertiary/aromatic N) is 1. The number of hydrogen-bond donors (Lipinski definition) is 3. The second-order valence-corrected chi connectivity index (χ2v) is 7.58. The molecule has 3 N–H and O–H groups in total. The summed E-state index contributed by atoms with van der Waals surface area (Å²) >= 11 is 0. The van der Waals surface area contributed by atoms with Crippen molar-refractivity contribution >= 4 is 48.0 Å². The van der Waals surface area contributed by atoms with Crippen LogP contribution in [0.4, 0.5) is 11.4 Å². The van der Waals surface area contributed by atoms with Crippen molar-refractivity contribution in [3.63, 3.8) is 0 Å². The Labute approximate surface area is 183 Å². The smallest absolute Gasteiger partial charge is 0.255 e. The minimum Gasteiger partial charge on any atom is -0.326 e. The van der Waals surface area contributed by atoms with Crippen molar-refractivity contribution in [3.8, 4) is 0 Å². The van der Waals surface area contributed by atoms with Crippen molar-refractivity contribution in [2.45, 2.75) is 26.2 Å². The van der Waals surface area contributed by atoms with E-state index in [9.17, 15) is 9.59 Å². The summed E-state index contributed by atoms with van der Waals surface area (Å²) in [6.45, 7) is 3.93. The number of carbonyl (C=O) groups is 2. The molecule has 2 heterocycles. The Morgan fingerprint density at radius 3 is 2.45 bits per heavy atom. The lowest BCUT2D eigenvalue weighted by Gasteiger charge is -2.23. The Bertz CT molecular complexity index is 870. The quantitative estimate of drug-likeness (QED) is 0.679. The van der Waals surface area contributed by atoms with Crippen molar-refractivity contribution < 1.29 is 9.59 Å². The summed E-state index contributed by atoms with van der Waals surface area (Å²) in [7, 11) is 0. The molecule has 0 bridgehead atoms. The zero-order valence-corrected chi connectivity index (χ0v) is 17.9. The van der Waals surface area contributed by atoms with Crippen LogP contribution in [0.25, 0.3) is 0 Å². The molecule has 1 unspecified atom stereocenters. The molecule has 2 amide bonds. The monoisotopic (exact) mass is 436 g/mol. The summed E-state index contributed by atoms with van der Waals surface area (Å²) in [5.41, 5.74) is 3.10. The molecule has 1 aliphatic heterocycles. The van der Waals surface area contributed by atoms with E-state index in [0.29, 0.717) is 16.9 Å². The van der Waals surface area contributed by atoms with E-state index in [-0.39, 0.29) is 48.0 Å². The Balaban J connectivity index is 0.00000150. The number of aromatic nitrogens is 1. The first-order valence-corrected chi connectivity index (χ1v) is 9.41. The first-order valence-electron chi connectivity index (χ1n) is 9.41. The fraction of sp³-hybridized carbons (Fsp3) is 0.381. The van der Waals surface area contributed by atoms with Gasteiger partial charge in [0, 0.05) is 35.2 Å². The molecule has 1 saturated heterocycles. The minimum absolute atomic E-state index is 0. The third-order valence-corrected chi connectivity index (χ3v) is 5.80. The molecule has 1 aliphatic carbocycles. The van der Waals surface area contributed by atoms with Crippen LogP contribution in [0.3, 0.4) is 0 Å². The molecule has 2 aliphatic rings. The highest BCUT2D eigenvalue weighted by Gasteiger charge is 2.57. The molecule has 156 valence electrons. The van der Waals surface area contributed by atoms with Gasteiger partial charge >= 0.3 is 0 Å². The summed E-state index contributed by atoms with van der Waals surface area (Å²) in [4.78, 5) is 29.0. The maximum absolute atomic E-state index is 12.7. The number of carbonyl (C=O) groups excluding carboxylic acids is 2. The normalized spacial score (nSPS) is 18.7. The van der Waals surface area contributed by atoms with Crippen LogP contribution >= 0.6 is 24.8 Å². The van der Waals surface area contributed by atoms with E-state index in [1.807, 2.05) is 25.1 Å². The van der Waals surface area contributed by atoms with Gasteiger partial charge in [0.15, 0.2) is 0 Å². The van der Waals surface area contributed by atoms with Crippen molar-refractivity contribution in [1.82, 2.24) is 10.3 Å². The molecule has 4 rings (SSSR count). The first-order chi connectivity index (χ1) is 13.1. The highest BCUT2D eigenvalue weighted by Crippen LogP contribution is 2.58. The van der Waals surface area contributed by atoms with Crippen LogP contribution in [0.15, 0.2) is 42.7 Å². The van der Waals surface area contributed by atoms with E-state index in [0.717, 1.165) is 37.9 Å². The van der Waals surface area contributed by atoms with E-state index < -0.39 is 0 Å². The minimum atomic E-state index is -0.195. The number of anilines is 2. The van der Waals surface area contributed by atoms with Gasteiger partial charge in [-0.05, 0) is 74.5 Å². The number of nitrogens with one attached hydrogen (secondary N) is 3. The van der Waals surface area contributed by atoms with Crippen molar-refractivity contribution in [1.29, 1.82) is 0 Å². The average molecular weight is 437 g/mol. The van der Waals surface area contributed by atoms with E-state index in [4.69, 9.17) is 0 Å². The molecule has 1 atom stereocenters. The summed E-state index contributed by atoms with van der Waals surface area (Å²) in [6.07, 6.45) is 6.31. The molecule has 1 aromatic heterocycles. The molecule has 0 radical (unpaired) electrons. The molecule has 29 heavy (non-hydrogen) atoms. The van der Waals surface area contributed by atoms with Crippen LogP contribution in [0.5, 0.6) is 0 Å². The largest absolute Gasteiger partial charge is 0.326 e. The van der Waals surface area contributed by atoms with Gasteiger partial charge in [-0.1, -0.05) is 6.07 Å². The number of piperidine rings is 1. The molecular formula is C21H26Cl2N4O2. The Morgan fingerprint density at radius 1 is 1.07 bits per heavy atom. The fourth-order valence-electron chi connectivity index (χ4n) is 3.96. The maximum Gasteiger partial charge on any atom is 0.255 e. The SMILES string of the molecule is Cc1ccc(NC(=O)C2CC23CCNCC3)cc1NC(=O)c1ccncc1.Cl.Cl. The van der Waals surface area contributed by atoms with Gasteiger partial charge in [0.05, 0.1) is 0 Å². The van der Waals surface area contributed by atoms with Gasteiger partial charge in [-0.3, -0.25) is 14.6 Å². The number of hydrogen-bond acceptors (Lipinski definition) is 4. The molecule has 1 spiro atoms. The number of rotatable bonds is 4. The second-order valence-electron chi connectivity index (χ2n) is 7.58. The van der Waals surface area contributed by atoms with Crippen LogP contribution < -0.4 is 16.0 Å². The Morgan fingerprint density at radius 2 is 1.76 bits per heavy atom. The zero-order valence-electron chi connectivity index (χ0n) is 16.2. The lowest BCUT2D eigenvalue weighted by atomic mass is 9.92. The van der Waals surface area contributed by atoms with Gasteiger partial charge in [0.1, 0.15) is 0 Å². The Kier molecular flexibility index (Phi) is 7.63. The van der Waals surface area contributed by atoms with Gasteiger partial charge in [-0.2, -0.15) is 0 Å². The molecule has 1 saturated carbocycles. The molecular weight excluding hydrogens is 411 g/mol. The first kappa shape index (κ1) is 23.1. The topological polar surface area (TPSA) is 83.1 Å². The van der Waals surface area contributed by atoms with Crippen molar-refractivity contribution in [3.05, 3.63) is 53.9 Å². The Hall–Kier alpha value is -2.15. The number of aryl methyl sites for hydroxylation is 1. The van der Waals surface area contributed by atoms with Crippen molar-refractivity contribution in [2.24, 2.45) is 11.3 Å². The van der Waals surface area contributed by atoms with Crippen LogP contribution in [0.2, 0.25) is 0 Å². The van der Waals surface area contributed by atoms with Crippen LogP contribution in [0, 0.1) is 18.3 Å². The predicted octanol–water partition coefficient (Wildman–Crippen LogP) is 3.81. The van der Waals surface area contributed by atoms with Crippen molar-refractivity contribution in [2.75, 3.05) is 23.7 Å². The van der Waals surface area contributed by atoms with Gasteiger partial charge in [0.2, 0.25) is 5.91 Å². The van der Waals surface area contributed by atoms with Crippen LogP contribution in [0.1, 0.15) is 35.2 Å². The molecule has 2 aromatic rings. The third-order valence-electron chi connectivity index (χ3n) is 5.80. The zero-order chi connectivity index (χ0) is 18.9. The maximum atomic E-state index is 12.7. The second kappa shape index (κ2) is 9.57. The predicted molar refractivity (Wildman–Crippen MR) is 119 cm³/mol. The van der Waals surface area contributed by atoms with Gasteiger partial charge in [-0.25, -0.2) is 0 Å². The number of halogens is 2. The van der Waals surface area contributed by atoms with Gasteiger partial charge in [0.25, 0.3) is 5.91 Å².